The number of hydrogen-bond donors (Lipinski definition) is 2. The Bertz CT molecular complexity index is 748. The number of H-pyrrole nitrogens is 1. The number of aryl methyl sites for hydroxylation is 1. The third-order valence-corrected chi connectivity index (χ3v) is 4.00. The third-order valence-electron chi connectivity index (χ3n) is 4.00. The van der Waals surface area contributed by atoms with Crippen LogP contribution in [0.3, 0.4) is 0 Å². The fraction of sp³-hybridized carbons (Fsp3) is 0.500. The maximum atomic E-state index is 13.0. The highest BCUT2D eigenvalue weighted by Gasteiger charge is 2.37. The van der Waals surface area contributed by atoms with Crippen LogP contribution in [-0.4, -0.2) is 39.1 Å². The van der Waals surface area contributed by atoms with E-state index in [-0.39, 0.29) is 11.5 Å². The molecule has 3 heterocycles. The first-order valence-electron chi connectivity index (χ1n) is 7.18. The normalized spacial score (nSPS) is 17.0. The van der Waals surface area contributed by atoms with Crippen LogP contribution in [0.1, 0.15) is 24.4 Å². The molecule has 1 aliphatic heterocycles. The Morgan fingerprint density at radius 2 is 2.00 bits per heavy atom. The summed E-state index contributed by atoms with van der Waals surface area (Å²) in [5, 5.41) is 9.54. The molecule has 0 aliphatic carbocycles. The second kappa shape index (κ2) is 5.39. The van der Waals surface area contributed by atoms with Crippen molar-refractivity contribution in [3.05, 3.63) is 17.6 Å². The minimum Gasteiger partial charge on any atom is -0.481 e. The van der Waals surface area contributed by atoms with Crippen LogP contribution >= 0.6 is 0 Å². The predicted octanol–water partition coefficient (Wildman–Crippen LogP) is 2.59. The minimum atomic E-state index is -4.64. The van der Waals surface area contributed by atoms with Gasteiger partial charge >= 0.3 is 12.1 Å². The average Bonchev–Trinajstić information content (AvgIpc) is 2.85. The standard InChI is InChI=1S/C14H15F3N4O2/c1-7-6-9-10(18-7)19-13(14(15,16)17)20-11(9)21-4-2-8(3-5-21)12(22)23/h6,8H,2-5H2,1H3,(H,22,23)(H,18,19,20). The summed E-state index contributed by atoms with van der Waals surface area (Å²) in [5.41, 5.74) is 0.829. The third kappa shape index (κ3) is 2.95. The van der Waals surface area contributed by atoms with Crippen LogP contribution in [0.5, 0.6) is 0 Å². The molecule has 6 nitrogen and oxygen atoms in total. The highest BCUT2D eigenvalue weighted by atomic mass is 19.4. The number of nitrogens with zero attached hydrogens (tertiary/aromatic N) is 3. The molecule has 0 bridgehead atoms. The SMILES string of the molecule is Cc1cc2c(N3CCC(C(=O)O)CC3)nc(C(F)(F)F)nc2[nH]1. The maximum Gasteiger partial charge on any atom is 0.451 e. The molecule has 23 heavy (non-hydrogen) atoms. The van der Waals surface area contributed by atoms with Gasteiger partial charge in [-0.2, -0.15) is 13.2 Å². The van der Waals surface area contributed by atoms with Gasteiger partial charge in [0, 0.05) is 18.8 Å². The van der Waals surface area contributed by atoms with Gasteiger partial charge in [-0.15, -0.1) is 0 Å². The van der Waals surface area contributed by atoms with E-state index in [2.05, 4.69) is 15.0 Å². The van der Waals surface area contributed by atoms with Crippen molar-refractivity contribution in [2.75, 3.05) is 18.0 Å². The second-order valence-corrected chi connectivity index (χ2v) is 5.68. The van der Waals surface area contributed by atoms with Crippen molar-refractivity contribution in [3.8, 4) is 0 Å². The predicted molar refractivity (Wildman–Crippen MR) is 76.2 cm³/mol. The number of fused-ring (bicyclic) bond motifs is 1. The fourth-order valence-corrected chi connectivity index (χ4v) is 2.83. The zero-order valence-corrected chi connectivity index (χ0v) is 12.3. The van der Waals surface area contributed by atoms with Gasteiger partial charge in [0.05, 0.1) is 11.3 Å². The van der Waals surface area contributed by atoms with Gasteiger partial charge < -0.3 is 15.0 Å². The van der Waals surface area contributed by atoms with Crippen LogP contribution in [0.4, 0.5) is 19.0 Å². The molecule has 0 saturated carbocycles. The number of hydrogen-bond acceptors (Lipinski definition) is 4. The summed E-state index contributed by atoms with van der Waals surface area (Å²) >= 11 is 0. The first-order chi connectivity index (χ1) is 10.8. The summed E-state index contributed by atoms with van der Waals surface area (Å²) < 4.78 is 39.0. The van der Waals surface area contributed by atoms with Gasteiger partial charge in [0.2, 0.25) is 5.82 Å². The van der Waals surface area contributed by atoms with Crippen LogP contribution in [0, 0.1) is 12.8 Å². The van der Waals surface area contributed by atoms with E-state index in [0.29, 0.717) is 37.0 Å². The van der Waals surface area contributed by atoms with Crippen LogP contribution < -0.4 is 4.90 Å². The van der Waals surface area contributed by atoms with Gasteiger partial charge in [-0.25, -0.2) is 9.97 Å². The van der Waals surface area contributed by atoms with Crippen LogP contribution in [0.15, 0.2) is 6.07 Å². The van der Waals surface area contributed by atoms with Crippen molar-refractivity contribution >= 4 is 22.8 Å². The quantitative estimate of drug-likeness (QED) is 0.885. The van der Waals surface area contributed by atoms with Gasteiger partial charge in [0.1, 0.15) is 11.5 Å². The molecule has 0 aromatic carbocycles. The molecule has 0 atom stereocenters. The lowest BCUT2D eigenvalue weighted by Crippen LogP contribution is -2.37. The summed E-state index contributed by atoms with van der Waals surface area (Å²) in [4.78, 5) is 22.8. The first-order valence-corrected chi connectivity index (χ1v) is 7.18. The fourth-order valence-electron chi connectivity index (χ4n) is 2.83. The minimum absolute atomic E-state index is 0.139. The number of rotatable bonds is 2. The van der Waals surface area contributed by atoms with Crippen molar-refractivity contribution in [2.24, 2.45) is 5.92 Å². The highest BCUT2D eigenvalue weighted by molar-refractivity contribution is 5.88. The lowest BCUT2D eigenvalue weighted by molar-refractivity contribution is -0.144. The number of alkyl halides is 3. The molecular formula is C14H15F3N4O2. The Labute approximate surface area is 129 Å². The van der Waals surface area contributed by atoms with Crippen molar-refractivity contribution in [2.45, 2.75) is 25.9 Å². The van der Waals surface area contributed by atoms with Gasteiger partial charge in [0.15, 0.2) is 0 Å². The maximum absolute atomic E-state index is 13.0. The lowest BCUT2D eigenvalue weighted by atomic mass is 9.97. The molecule has 0 spiro atoms. The van der Waals surface area contributed by atoms with E-state index in [1.807, 2.05) is 0 Å². The van der Waals surface area contributed by atoms with Crippen LogP contribution in [0.25, 0.3) is 11.0 Å². The Kier molecular flexibility index (Phi) is 3.65. The summed E-state index contributed by atoms with van der Waals surface area (Å²) in [6.07, 6.45) is -3.88. The first kappa shape index (κ1) is 15.6. The number of carboxylic acids is 1. The van der Waals surface area contributed by atoms with Crippen molar-refractivity contribution in [1.82, 2.24) is 15.0 Å². The van der Waals surface area contributed by atoms with E-state index in [9.17, 15) is 18.0 Å². The van der Waals surface area contributed by atoms with E-state index in [1.54, 1.807) is 17.9 Å². The Morgan fingerprint density at radius 1 is 1.35 bits per heavy atom. The second-order valence-electron chi connectivity index (χ2n) is 5.68. The van der Waals surface area contributed by atoms with E-state index in [0.717, 1.165) is 0 Å². The number of aliphatic carboxylic acids is 1. The Hall–Kier alpha value is -2.32. The summed E-state index contributed by atoms with van der Waals surface area (Å²) in [7, 11) is 0. The van der Waals surface area contributed by atoms with Gasteiger partial charge in [-0.05, 0) is 25.8 Å². The molecule has 1 saturated heterocycles. The highest BCUT2D eigenvalue weighted by Crippen LogP contribution is 2.33. The Balaban J connectivity index is 2.01. The summed E-state index contributed by atoms with van der Waals surface area (Å²) in [6.45, 7) is 2.44. The van der Waals surface area contributed by atoms with Crippen LogP contribution in [0.2, 0.25) is 0 Å². The monoisotopic (exact) mass is 328 g/mol. The number of nitrogens with one attached hydrogen (secondary N) is 1. The van der Waals surface area contributed by atoms with Gasteiger partial charge in [0.25, 0.3) is 0 Å². The largest absolute Gasteiger partial charge is 0.481 e. The average molecular weight is 328 g/mol. The lowest BCUT2D eigenvalue weighted by Gasteiger charge is -2.31. The summed E-state index contributed by atoms with van der Waals surface area (Å²) in [6, 6.07) is 1.70. The van der Waals surface area contributed by atoms with Crippen LogP contribution in [-0.2, 0) is 11.0 Å². The van der Waals surface area contributed by atoms with E-state index < -0.39 is 23.9 Å². The molecule has 3 rings (SSSR count). The topological polar surface area (TPSA) is 82.1 Å². The number of anilines is 1. The number of carboxylic acid groups (broad SMARTS) is 1. The molecule has 9 heteroatoms. The van der Waals surface area contributed by atoms with Gasteiger partial charge in [-0.1, -0.05) is 0 Å². The molecular weight excluding hydrogens is 313 g/mol. The molecule has 124 valence electrons. The Morgan fingerprint density at radius 3 is 2.57 bits per heavy atom. The van der Waals surface area contributed by atoms with E-state index >= 15 is 0 Å². The van der Waals surface area contributed by atoms with Crippen molar-refractivity contribution < 1.29 is 23.1 Å². The van der Waals surface area contributed by atoms with Crippen molar-refractivity contribution in [3.63, 3.8) is 0 Å². The molecule has 1 aliphatic rings. The number of aromatic amines is 1. The molecule has 2 N–H and O–H groups in total. The molecule has 0 radical (unpaired) electrons. The number of piperidine rings is 1. The summed E-state index contributed by atoms with van der Waals surface area (Å²) in [5.74, 6) is -2.32. The molecule has 1 fully saturated rings. The van der Waals surface area contributed by atoms with Gasteiger partial charge in [-0.3, -0.25) is 4.79 Å². The molecule has 2 aromatic heterocycles. The zero-order chi connectivity index (χ0) is 16.8. The number of aromatic nitrogens is 3. The number of halogens is 3. The zero-order valence-electron chi connectivity index (χ0n) is 12.3. The smallest absolute Gasteiger partial charge is 0.451 e. The molecule has 2 aromatic rings. The van der Waals surface area contributed by atoms with E-state index in [1.165, 1.54) is 0 Å². The van der Waals surface area contributed by atoms with Crippen molar-refractivity contribution in [1.29, 1.82) is 0 Å². The number of carbonyl (C=O) groups is 1. The molecule has 0 unspecified atom stereocenters. The van der Waals surface area contributed by atoms with E-state index in [4.69, 9.17) is 5.11 Å². The molecule has 0 amide bonds.